The molecule has 1 saturated heterocycles. The minimum absolute atomic E-state index is 0.0759. The van der Waals surface area contributed by atoms with Crippen LogP contribution in [0.2, 0.25) is 0 Å². The largest absolute Gasteiger partial charge is 0.367 e. The SMILES string of the molecule is O=C1/C(=C\c2c(NC3CCCCC3)nc3ccccn3c2=O)SC(=S)N1C1CCCCC1. The van der Waals surface area contributed by atoms with Gasteiger partial charge < -0.3 is 5.32 Å². The van der Waals surface area contributed by atoms with Crippen LogP contribution in [0.15, 0.2) is 34.1 Å². The molecule has 3 aliphatic rings. The van der Waals surface area contributed by atoms with E-state index in [2.05, 4.69) is 5.32 Å². The summed E-state index contributed by atoms with van der Waals surface area (Å²) in [5.74, 6) is 0.490. The number of rotatable bonds is 4. The van der Waals surface area contributed by atoms with Gasteiger partial charge in [-0.3, -0.25) is 18.9 Å². The lowest BCUT2D eigenvalue weighted by Gasteiger charge is -2.29. The van der Waals surface area contributed by atoms with Gasteiger partial charge in [-0.15, -0.1) is 0 Å². The van der Waals surface area contributed by atoms with E-state index in [4.69, 9.17) is 17.2 Å². The maximum Gasteiger partial charge on any atom is 0.267 e. The fraction of sp³-hybridized carbons (Fsp3) is 0.500. The molecular weight excluding hydrogens is 440 g/mol. The molecule has 1 aliphatic heterocycles. The molecular formula is C24H28N4O2S2. The maximum absolute atomic E-state index is 13.4. The van der Waals surface area contributed by atoms with Crippen molar-refractivity contribution in [2.75, 3.05) is 5.32 Å². The molecule has 32 heavy (non-hydrogen) atoms. The standard InChI is InChI=1S/C24H28N4O2S2/c29-22-18(15-19-23(30)28(24(31)32-19)17-11-5-2-6-12-17)21(25-16-9-3-1-4-10-16)26-20-13-7-8-14-27(20)22/h7-8,13-17,25H,1-6,9-12H2/b19-15+. The number of nitrogens with zero attached hydrogens (tertiary/aromatic N) is 3. The Morgan fingerprint density at radius 2 is 1.75 bits per heavy atom. The Hall–Kier alpha value is -2.19. The Morgan fingerprint density at radius 3 is 2.50 bits per heavy atom. The van der Waals surface area contributed by atoms with E-state index in [9.17, 15) is 9.59 Å². The first kappa shape index (κ1) is 21.6. The van der Waals surface area contributed by atoms with E-state index in [0.717, 1.165) is 38.5 Å². The smallest absolute Gasteiger partial charge is 0.267 e. The zero-order chi connectivity index (χ0) is 22.1. The quantitative estimate of drug-likeness (QED) is 0.505. The molecule has 0 aromatic carbocycles. The molecule has 5 rings (SSSR count). The van der Waals surface area contributed by atoms with E-state index in [1.54, 1.807) is 21.6 Å². The van der Waals surface area contributed by atoms with Crippen LogP contribution in [0.1, 0.15) is 69.8 Å². The van der Waals surface area contributed by atoms with Crippen LogP contribution in [0.25, 0.3) is 11.7 Å². The van der Waals surface area contributed by atoms with Crippen LogP contribution >= 0.6 is 24.0 Å². The number of carbonyl (C=O) groups is 1. The van der Waals surface area contributed by atoms with E-state index < -0.39 is 0 Å². The Balaban J connectivity index is 1.53. The molecule has 2 aromatic rings. The molecule has 2 aromatic heterocycles. The average Bonchev–Trinajstić information content (AvgIpc) is 3.10. The zero-order valence-electron chi connectivity index (χ0n) is 18.1. The summed E-state index contributed by atoms with van der Waals surface area (Å²) in [5.41, 5.74) is 0.864. The van der Waals surface area contributed by atoms with Crippen LogP contribution in [-0.2, 0) is 4.79 Å². The van der Waals surface area contributed by atoms with Gasteiger partial charge in [0, 0.05) is 18.3 Å². The van der Waals surface area contributed by atoms with Crippen molar-refractivity contribution >= 4 is 51.7 Å². The molecule has 6 nitrogen and oxygen atoms in total. The number of hydrogen-bond donors (Lipinski definition) is 1. The first-order chi connectivity index (χ1) is 15.6. The van der Waals surface area contributed by atoms with E-state index in [-0.39, 0.29) is 17.5 Å². The van der Waals surface area contributed by atoms with E-state index >= 15 is 0 Å². The molecule has 3 heterocycles. The molecule has 0 radical (unpaired) electrons. The lowest BCUT2D eigenvalue weighted by molar-refractivity contribution is -0.124. The number of fused-ring (bicyclic) bond motifs is 1. The second kappa shape index (κ2) is 9.35. The molecule has 2 aliphatic carbocycles. The third kappa shape index (κ3) is 4.22. The molecule has 2 saturated carbocycles. The molecule has 1 amide bonds. The number of hydrogen-bond acceptors (Lipinski definition) is 6. The molecule has 0 bridgehead atoms. The van der Waals surface area contributed by atoms with Crippen molar-refractivity contribution < 1.29 is 4.79 Å². The summed E-state index contributed by atoms with van der Waals surface area (Å²) in [6.07, 6.45) is 14.7. The number of anilines is 1. The molecule has 168 valence electrons. The molecule has 1 N–H and O–H groups in total. The van der Waals surface area contributed by atoms with Gasteiger partial charge in [0.2, 0.25) is 0 Å². The summed E-state index contributed by atoms with van der Waals surface area (Å²) in [6.45, 7) is 0. The highest BCUT2D eigenvalue weighted by atomic mass is 32.2. The van der Waals surface area contributed by atoms with Crippen molar-refractivity contribution in [3.8, 4) is 0 Å². The van der Waals surface area contributed by atoms with Gasteiger partial charge in [0.05, 0.1) is 10.5 Å². The van der Waals surface area contributed by atoms with Gasteiger partial charge in [-0.2, -0.15) is 0 Å². The number of carbonyl (C=O) groups excluding carboxylic acids is 1. The van der Waals surface area contributed by atoms with Crippen LogP contribution < -0.4 is 10.9 Å². The number of nitrogens with one attached hydrogen (secondary N) is 1. The van der Waals surface area contributed by atoms with Gasteiger partial charge in [-0.1, -0.05) is 68.6 Å². The lowest BCUT2D eigenvalue weighted by atomic mass is 9.94. The predicted octanol–water partition coefficient (Wildman–Crippen LogP) is 4.97. The minimum Gasteiger partial charge on any atom is -0.367 e. The highest BCUT2D eigenvalue weighted by Crippen LogP contribution is 2.37. The average molecular weight is 469 g/mol. The van der Waals surface area contributed by atoms with Crippen LogP contribution in [-0.4, -0.2) is 36.6 Å². The van der Waals surface area contributed by atoms with E-state index in [1.165, 1.54) is 37.4 Å². The summed E-state index contributed by atoms with van der Waals surface area (Å²) >= 11 is 6.88. The predicted molar refractivity (Wildman–Crippen MR) is 134 cm³/mol. The first-order valence-electron chi connectivity index (χ1n) is 11.7. The monoisotopic (exact) mass is 468 g/mol. The Morgan fingerprint density at radius 1 is 1.03 bits per heavy atom. The second-order valence-corrected chi connectivity index (χ2v) is 10.6. The summed E-state index contributed by atoms with van der Waals surface area (Å²) in [4.78, 5) is 33.8. The van der Waals surface area contributed by atoms with Crippen LogP contribution in [0.5, 0.6) is 0 Å². The van der Waals surface area contributed by atoms with Crippen molar-refractivity contribution in [1.29, 1.82) is 0 Å². The summed E-state index contributed by atoms with van der Waals surface area (Å²) < 4.78 is 2.14. The molecule has 0 unspecified atom stereocenters. The van der Waals surface area contributed by atoms with Crippen molar-refractivity contribution in [3.63, 3.8) is 0 Å². The van der Waals surface area contributed by atoms with Crippen LogP contribution in [0.4, 0.5) is 5.82 Å². The number of aromatic nitrogens is 2. The van der Waals surface area contributed by atoms with Crippen molar-refractivity contribution in [2.24, 2.45) is 0 Å². The third-order valence-corrected chi connectivity index (χ3v) is 8.08. The Bertz CT molecular complexity index is 1130. The summed E-state index contributed by atoms with van der Waals surface area (Å²) in [7, 11) is 0. The topological polar surface area (TPSA) is 66.7 Å². The minimum atomic E-state index is -0.170. The van der Waals surface area contributed by atoms with Gasteiger partial charge in [0.25, 0.3) is 11.5 Å². The maximum atomic E-state index is 13.4. The number of pyridine rings is 1. The molecule has 3 fully saturated rings. The molecule has 0 atom stereocenters. The number of amides is 1. The van der Waals surface area contributed by atoms with E-state index in [1.807, 2.05) is 18.2 Å². The third-order valence-electron chi connectivity index (χ3n) is 6.75. The van der Waals surface area contributed by atoms with E-state index in [0.29, 0.717) is 32.3 Å². The van der Waals surface area contributed by atoms with Gasteiger partial charge >= 0.3 is 0 Å². The number of thioether (sulfide) groups is 1. The first-order valence-corrected chi connectivity index (χ1v) is 12.9. The fourth-order valence-electron chi connectivity index (χ4n) is 5.05. The van der Waals surface area contributed by atoms with Crippen LogP contribution in [0.3, 0.4) is 0 Å². The lowest BCUT2D eigenvalue weighted by Crippen LogP contribution is -2.39. The zero-order valence-corrected chi connectivity index (χ0v) is 19.7. The second-order valence-electron chi connectivity index (χ2n) is 8.93. The van der Waals surface area contributed by atoms with Crippen molar-refractivity contribution in [1.82, 2.24) is 14.3 Å². The Labute approximate surface area is 197 Å². The summed E-state index contributed by atoms with van der Waals surface area (Å²) in [6, 6.07) is 6.00. The van der Waals surface area contributed by atoms with Crippen molar-refractivity contribution in [3.05, 3.63) is 45.2 Å². The Kier molecular flexibility index (Phi) is 6.33. The summed E-state index contributed by atoms with van der Waals surface area (Å²) in [5, 5.41) is 3.52. The van der Waals surface area contributed by atoms with Gasteiger partial charge in [0.15, 0.2) is 0 Å². The van der Waals surface area contributed by atoms with Gasteiger partial charge in [0.1, 0.15) is 15.8 Å². The fourth-order valence-corrected chi connectivity index (χ4v) is 6.43. The normalized spacial score (nSPS) is 22.2. The number of thiocarbonyl (C=S) groups is 1. The molecule has 8 heteroatoms. The van der Waals surface area contributed by atoms with Gasteiger partial charge in [-0.25, -0.2) is 4.98 Å². The molecule has 0 spiro atoms. The highest BCUT2D eigenvalue weighted by molar-refractivity contribution is 8.26. The highest BCUT2D eigenvalue weighted by Gasteiger charge is 2.37. The van der Waals surface area contributed by atoms with Gasteiger partial charge in [-0.05, 0) is 43.9 Å². The van der Waals surface area contributed by atoms with Crippen LogP contribution in [0, 0.1) is 0 Å². The van der Waals surface area contributed by atoms with Crippen molar-refractivity contribution in [2.45, 2.75) is 76.3 Å².